The van der Waals surface area contributed by atoms with Gasteiger partial charge in [-0.3, -0.25) is 0 Å². The molecule has 0 aliphatic heterocycles. The third kappa shape index (κ3) is 1.55. The molecule has 0 nitrogen and oxygen atoms in total. The van der Waals surface area contributed by atoms with Crippen LogP contribution in [-0.4, -0.2) is 0 Å². The molecule has 0 unspecified atom stereocenters. The van der Waals surface area contributed by atoms with Gasteiger partial charge in [-0.1, -0.05) is 36.4 Å². The zero-order chi connectivity index (χ0) is 9.10. The first-order chi connectivity index (χ1) is 6.40. The monoisotopic (exact) mass is 165 g/mol. The quantitative estimate of drug-likeness (QED) is 0.570. The molecule has 13 heavy (non-hydrogen) atoms. The molecule has 0 aromatic heterocycles. The maximum absolute atomic E-state index is 5.23. The molecular weight excluding hydrogens is 156 g/mol. The van der Waals surface area contributed by atoms with E-state index in [0.717, 1.165) is 10.9 Å². The summed E-state index contributed by atoms with van der Waals surface area (Å²) in [5.74, 6) is 2.62. The van der Waals surface area contributed by atoms with Crippen LogP contribution in [0.25, 0.3) is 10.8 Å². The molecule has 0 heteroatoms. The van der Waals surface area contributed by atoms with E-state index in [-0.39, 0.29) is 0 Å². The van der Waals surface area contributed by atoms with E-state index in [1.54, 1.807) is 0 Å². The minimum Gasteiger partial charge on any atom is -0.120 e. The summed E-state index contributed by atoms with van der Waals surface area (Å²) in [5.41, 5.74) is 1.08. The summed E-state index contributed by atoms with van der Waals surface area (Å²) in [6.45, 7) is 0. The summed E-state index contributed by atoms with van der Waals surface area (Å²) in [5, 5.41) is 2.35. The Morgan fingerprint density at radius 1 is 1.15 bits per heavy atom. The highest BCUT2D eigenvalue weighted by Crippen LogP contribution is 2.14. The molecule has 0 spiro atoms. The van der Waals surface area contributed by atoms with Crippen LogP contribution in [0.15, 0.2) is 36.4 Å². The average Bonchev–Trinajstić information content (AvgIpc) is 2.18. The van der Waals surface area contributed by atoms with Crippen molar-refractivity contribution in [3.63, 3.8) is 0 Å². The number of terminal acetylenes is 1. The highest BCUT2D eigenvalue weighted by Gasteiger charge is 1.94. The van der Waals surface area contributed by atoms with Crippen LogP contribution in [-0.2, 0) is 6.42 Å². The van der Waals surface area contributed by atoms with Gasteiger partial charge in [-0.05, 0) is 22.4 Å². The lowest BCUT2D eigenvalue weighted by Crippen LogP contribution is -1.81. The highest BCUT2D eigenvalue weighted by molar-refractivity contribution is 5.82. The van der Waals surface area contributed by atoms with Crippen LogP contribution < -0.4 is 0 Å². The van der Waals surface area contributed by atoms with Gasteiger partial charge in [-0.25, -0.2) is 0 Å². The van der Waals surface area contributed by atoms with Crippen LogP contribution in [0.5, 0.6) is 0 Å². The third-order valence-corrected chi connectivity index (χ3v) is 2.01. The van der Waals surface area contributed by atoms with E-state index >= 15 is 0 Å². The Morgan fingerprint density at radius 3 is 2.85 bits per heavy atom. The van der Waals surface area contributed by atoms with E-state index in [4.69, 9.17) is 6.42 Å². The van der Waals surface area contributed by atoms with Gasteiger partial charge in [-0.15, -0.1) is 12.3 Å². The molecule has 0 fully saturated rings. The Labute approximate surface area is 78.2 Å². The van der Waals surface area contributed by atoms with Crippen LogP contribution in [0, 0.1) is 18.4 Å². The van der Waals surface area contributed by atoms with Crippen molar-refractivity contribution in [2.45, 2.75) is 6.42 Å². The molecule has 0 N–H and O–H groups in total. The minimum atomic E-state index is 0.658. The fraction of sp³-hybridized carbons (Fsp3) is 0.0769. The molecular formula is C13H9. The Morgan fingerprint density at radius 2 is 2.00 bits per heavy atom. The fourth-order valence-corrected chi connectivity index (χ4v) is 1.37. The van der Waals surface area contributed by atoms with Crippen molar-refractivity contribution in [1.29, 1.82) is 0 Å². The molecule has 0 amide bonds. The number of fused-ring (bicyclic) bond motifs is 1. The molecule has 0 heterocycles. The SMILES string of the molecule is C#CCc1[c]c2ccccc2cc1. The van der Waals surface area contributed by atoms with Crippen LogP contribution in [0.2, 0.25) is 0 Å². The van der Waals surface area contributed by atoms with Gasteiger partial charge in [0.2, 0.25) is 0 Å². The van der Waals surface area contributed by atoms with Gasteiger partial charge < -0.3 is 0 Å². The van der Waals surface area contributed by atoms with Crippen molar-refractivity contribution in [3.05, 3.63) is 48.0 Å². The molecule has 0 aliphatic carbocycles. The fourth-order valence-electron chi connectivity index (χ4n) is 1.37. The molecule has 1 radical (unpaired) electrons. The summed E-state index contributed by atoms with van der Waals surface area (Å²) in [6, 6.07) is 15.6. The van der Waals surface area contributed by atoms with Crippen LogP contribution in [0.4, 0.5) is 0 Å². The highest BCUT2D eigenvalue weighted by atomic mass is 14.0. The van der Waals surface area contributed by atoms with Crippen molar-refractivity contribution in [1.82, 2.24) is 0 Å². The smallest absolute Gasteiger partial charge is 0.0344 e. The number of hydrogen-bond acceptors (Lipinski definition) is 0. The molecule has 0 bridgehead atoms. The Kier molecular flexibility index (Phi) is 2.02. The summed E-state index contributed by atoms with van der Waals surface area (Å²) < 4.78 is 0. The van der Waals surface area contributed by atoms with E-state index in [1.807, 2.05) is 18.2 Å². The normalized spacial score (nSPS) is 9.77. The summed E-state index contributed by atoms with van der Waals surface area (Å²) in [7, 11) is 0. The van der Waals surface area contributed by atoms with E-state index in [9.17, 15) is 0 Å². The third-order valence-electron chi connectivity index (χ3n) is 2.01. The molecule has 0 saturated carbocycles. The van der Waals surface area contributed by atoms with Gasteiger partial charge in [0.1, 0.15) is 0 Å². The van der Waals surface area contributed by atoms with E-state index in [2.05, 4.69) is 30.2 Å². The lowest BCUT2D eigenvalue weighted by molar-refractivity contribution is 1.33. The number of benzene rings is 2. The van der Waals surface area contributed by atoms with E-state index in [0.29, 0.717) is 6.42 Å². The Balaban J connectivity index is 2.57. The van der Waals surface area contributed by atoms with Crippen molar-refractivity contribution in [2.75, 3.05) is 0 Å². The van der Waals surface area contributed by atoms with Gasteiger partial charge in [0.05, 0.1) is 0 Å². The van der Waals surface area contributed by atoms with E-state index in [1.165, 1.54) is 5.39 Å². The van der Waals surface area contributed by atoms with Crippen molar-refractivity contribution in [3.8, 4) is 12.3 Å². The predicted octanol–water partition coefficient (Wildman–Crippen LogP) is 2.82. The lowest BCUT2D eigenvalue weighted by Gasteiger charge is -1.98. The van der Waals surface area contributed by atoms with Crippen LogP contribution in [0.1, 0.15) is 5.56 Å². The Hall–Kier alpha value is -1.74. The average molecular weight is 165 g/mol. The second kappa shape index (κ2) is 3.33. The standard InChI is InChI=1S/C13H9/c1-2-5-11-8-9-12-6-3-4-7-13(12)10-11/h1,3-4,6-9H,5H2. The molecule has 0 saturated heterocycles. The van der Waals surface area contributed by atoms with Crippen LogP contribution in [0.3, 0.4) is 0 Å². The first kappa shape index (κ1) is 7.89. The van der Waals surface area contributed by atoms with Gasteiger partial charge in [0.25, 0.3) is 0 Å². The van der Waals surface area contributed by atoms with Crippen molar-refractivity contribution in [2.24, 2.45) is 0 Å². The molecule has 0 aliphatic rings. The maximum Gasteiger partial charge on any atom is 0.0344 e. The van der Waals surface area contributed by atoms with Crippen molar-refractivity contribution < 1.29 is 0 Å². The zero-order valence-electron chi connectivity index (χ0n) is 7.25. The number of rotatable bonds is 1. The zero-order valence-corrected chi connectivity index (χ0v) is 7.25. The molecule has 0 atom stereocenters. The Bertz CT molecular complexity index is 461. The summed E-state index contributed by atoms with van der Waals surface area (Å²) in [6.07, 6.45) is 5.89. The molecule has 2 rings (SSSR count). The van der Waals surface area contributed by atoms with Crippen LogP contribution >= 0.6 is 0 Å². The van der Waals surface area contributed by atoms with Gasteiger partial charge in [-0.2, -0.15) is 0 Å². The molecule has 2 aromatic carbocycles. The summed E-state index contributed by atoms with van der Waals surface area (Å²) in [4.78, 5) is 0. The largest absolute Gasteiger partial charge is 0.120 e. The van der Waals surface area contributed by atoms with Crippen molar-refractivity contribution >= 4 is 10.8 Å². The van der Waals surface area contributed by atoms with E-state index < -0.39 is 0 Å². The first-order valence-corrected chi connectivity index (χ1v) is 4.23. The van der Waals surface area contributed by atoms with Gasteiger partial charge >= 0.3 is 0 Å². The number of hydrogen-bond donors (Lipinski definition) is 0. The second-order valence-electron chi connectivity index (χ2n) is 2.95. The van der Waals surface area contributed by atoms with Gasteiger partial charge in [0, 0.05) is 6.42 Å². The van der Waals surface area contributed by atoms with Gasteiger partial charge in [0.15, 0.2) is 0 Å². The molecule has 2 aromatic rings. The summed E-state index contributed by atoms with van der Waals surface area (Å²) >= 11 is 0. The first-order valence-electron chi connectivity index (χ1n) is 4.23. The molecule has 61 valence electrons. The topological polar surface area (TPSA) is 0 Å². The lowest BCUT2D eigenvalue weighted by atomic mass is 10.1. The second-order valence-corrected chi connectivity index (χ2v) is 2.95. The maximum atomic E-state index is 5.23. The minimum absolute atomic E-state index is 0.658. The predicted molar refractivity (Wildman–Crippen MR) is 55.3 cm³/mol.